The Labute approximate surface area is 94.1 Å². The Bertz CT molecular complexity index is 112. The van der Waals surface area contributed by atoms with Crippen molar-refractivity contribution in [2.75, 3.05) is 13.6 Å². The molecule has 0 radical (unpaired) electrons. The molecule has 2 N–H and O–H groups in total. The molecule has 2 nitrogen and oxygen atoms in total. The highest BCUT2D eigenvalue weighted by atomic mass is 35.5. The van der Waals surface area contributed by atoms with Crippen molar-refractivity contribution in [2.24, 2.45) is 5.73 Å². The molecule has 1 aliphatic heterocycles. The van der Waals surface area contributed by atoms with Gasteiger partial charge in [-0.25, -0.2) is 0 Å². The van der Waals surface area contributed by atoms with Gasteiger partial charge in [0.05, 0.1) is 0 Å². The van der Waals surface area contributed by atoms with Crippen LogP contribution in [-0.2, 0) is 0 Å². The Morgan fingerprint density at radius 3 is 2.38 bits per heavy atom. The van der Waals surface area contributed by atoms with E-state index in [4.69, 9.17) is 5.73 Å². The van der Waals surface area contributed by atoms with Crippen LogP contribution in [0, 0.1) is 0 Å². The molecule has 0 aromatic heterocycles. The second-order valence-corrected chi connectivity index (χ2v) is 3.64. The van der Waals surface area contributed by atoms with Crippen LogP contribution in [-0.4, -0.2) is 30.6 Å². The minimum absolute atomic E-state index is 0. The molecule has 13 heavy (non-hydrogen) atoms. The molecule has 0 aromatic carbocycles. The van der Waals surface area contributed by atoms with Crippen molar-refractivity contribution in [2.45, 2.75) is 44.7 Å². The predicted octanol–water partition coefficient (Wildman–Crippen LogP) is 2.05. The highest BCUT2D eigenvalue weighted by molar-refractivity contribution is 5.85. The Morgan fingerprint density at radius 1 is 1.38 bits per heavy atom. The molecule has 1 heterocycles. The van der Waals surface area contributed by atoms with Gasteiger partial charge >= 0.3 is 0 Å². The molecule has 1 fully saturated rings. The fraction of sp³-hybridized carbons (Fsp3) is 1.00. The summed E-state index contributed by atoms with van der Waals surface area (Å²) in [5, 5.41) is 0. The van der Waals surface area contributed by atoms with Crippen molar-refractivity contribution in [1.82, 2.24) is 4.90 Å². The standard InChI is InChI=1S/C9H20N2.2ClH/c1-3-4-5-9-8(10)6-7-11(9)2;;/h8-9H,3-7,10H2,1-2H3;2*1H. The normalized spacial score (nSPS) is 27.9. The summed E-state index contributed by atoms with van der Waals surface area (Å²) in [5.41, 5.74) is 5.97. The zero-order chi connectivity index (χ0) is 8.27. The van der Waals surface area contributed by atoms with Gasteiger partial charge in [-0.1, -0.05) is 19.8 Å². The first-order chi connectivity index (χ1) is 5.25. The lowest BCUT2D eigenvalue weighted by Crippen LogP contribution is -2.37. The van der Waals surface area contributed by atoms with E-state index in [-0.39, 0.29) is 24.8 Å². The van der Waals surface area contributed by atoms with E-state index in [1.54, 1.807) is 0 Å². The Morgan fingerprint density at radius 2 is 2.00 bits per heavy atom. The molecule has 0 saturated carbocycles. The van der Waals surface area contributed by atoms with E-state index in [9.17, 15) is 0 Å². The number of likely N-dealkylation sites (N-methyl/N-ethyl adjacent to an activating group) is 1. The molecule has 2 unspecified atom stereocenters. The van der Waals surface area contributed by atoms with Crippen molar-refractivity contribution in [3.05, 3.63) is 0 Å². The molecule has 82 valence electrons. The maximum absolute atomic E-state index is 5.97. The van der Waals surface area contributed by atoms with Crippen molar-refractivity contribution in [3.63, 3.8) is 0 Å². The lowest BCUT2D eigenvalue weighted by molar-refractivity contribution is 0.278. The van der Waals surface area contributed by atoms with Gasteiger partial charge in [0, 0.05) is 12.1 Å². The van der Waals surface area contributed by atoms with Crippen molar-refractivity contribution >= 4 is 24.8 Å². The average molecular weight is 229 g/mol. The average Bonchev–Trinajstić information content (AvgIpc) is 2.29. The molecular formula is C9H22Cl2N2. The summed E-state index contributed by atoms with van der Waals surface area (Å²) in [6.07, 6.45) is 5.08. The van der Waals surface area contributed by atoms with E-state index >= 15 is 0 Å². The van der Waals surface area contributed by atoms with Gasteiger partial charge in [0.25, 0.3) is 0 Å². The molecule has 1 saturated heterocycles. The van der Waals surface area contributed by atoms with Gasteiger partial charge in [-0.15, -0.1) is 24.8 Å². The summed E-state index contributed by atoms with van der Waals surface area (Å²) in [7, 11) is 2.19. The quantitative estimate of drug-likeness (QED) is 0.802. The number of hydrogen-bond acceptors (Lipinski definition) is 2. The summed E-state index contributed by atoms with van der Waals surface area (Å²) >= 11 is 0. The van der Waals surface area contributed by atoms with Crippen LogP contribution in [0.15, 0.2) is 0 Å². The number of hydrogen-bond donors (Lipinski definition) is 1. The van der Waals surface area contributed by atoms with Crippen LogP contribution in [0.4, 0.5) is 0 Å². The fourth-order valence-corrected chi connectivity index (χ4v) is 1.89. The first-order valence-corrected chi connectivity index (χ1v) is 4.71. The maximum Gasteiger partial charge on any atom is 0.0244 e. The highest BCUT2D eigenvalue weighted by Crippen LogP contribution is 2.18. The maximum atomic E-state index is 5.97. The van der Waals surface area contributed by atoms with E-state index < -0.39 is 0 Å². The van der Waals surface area contributed by atoms with Crippen LogP contribution in [0.1, 0.15) is 32.6 Å². The third-order valence-electron chi connectivity index (χ3n) is 2.73. The van der Waals surface area contributed by atoms with E-state index in [1.807, 2.05) is 0 Å². The molecule has 0 amide bonds. The van der Waals surface area contributed by atoms with Crippen LogP contribution in [0.25, 0.3) is 0 Å². The summed E-state index contributed by atoms with van der Waals surface area (Å²) in [4.78, 5) is 2.40. The van der Waals surface area contributed by atoms with Gasteiger partial charge in [-0.3, -0.25) is 0 Å². The summed E-state index contributed by atoms with van der Waals surface area (Å²) in [6.45, 7) is 3.43. The number of unbranched alkanes of at least 4 members (excludes halogenated alkanes) is 1. The number of nitrogens with two attached hydrogens (primary N) is 1. The second kappa shape index (κ2) is 7.86. The van der Waals surface area contributed by atoms with Gasteiger partial charge in [0.15, 0.2) is 0 Å². The van der Waals surface area contributed by atoms with E-state index in [0.29, 0.717) is 12.1 Å². The van der Waals surface area contributed by atoms with Crippen LogP contribution in [0.3, 0.4) is 0 Å². The van der Waals surface area contributed by atoms with Crippen molar-refractivity contribution in [1.29, 1.82) is 0 Å². The minimum atomic E-state index is 0. The first kappa shape index (κ1) is 15.9. The lowest BCUT2D eigenvalue weighted by atomic mass is 10.0. The lowest BCUT2D eigenvalue weighted by Gasteiger charge is -2.22. The summed E-state index contributed by atoms with van der Waals surface area (Å²) in [5.74, 6) is 0. The van der Waals surface area contributed by atoms with E-state index in [2.05, 4.69) is 18.9 Å². The smallest absolute Gasteiger partial charge is 0.0244 e. The highest BCUT2D eigenvalue weighted by Gasteiger charge is 2.27. The van der Waals surface area contributed by atoms with Crippen molar-refractivity contribution in [3.8, 4) is 0 Å². The van der Waals surface area contributed by atoms with Gasteiger partial charge < -0.3 is 10.6 Å². The molecule has 0 bridgehead atoms. The van der Waals surface area contributed by atoms with Crippen LogP contribution >= 0.6 is 24.8 Å². The summed E-state index contributed by atoms with van der Waals surface area (Å²) in [6, 6.07) is 1.10. The predicted molar refractivity (Wildman–Crippen MR) is 63.0 cm³/mol. The Hall–Kier alpha value is 0.500. The second-order valence-electron chi connectivity index (χ2n) is 3.64. The van der Waals surface area contributed by atoms with Gasteiger partial charge in [-0.05, 0) is 26.4 Å². The monoisotopic (exact) mass is 228 g/mol. The molecule has 1 rings (SSSR count). The molecule has 1 aliphatic rings. The molecule has 0 spiro atoms. The third-order valence-corrected chi connectivity index (χ3v) is 2.73. The molecule has 0 aromatic rings. The molecule has 2 atom stereocenters. The number of halogens is 2. The molecular weight excluding hydrogens is 207 g/mol. The summed E-state index contributed by atoms with van der Waals surface area (Å²) < 4.78 is 0. The SMILES string of the molecule is CCCCC1C(N)CCN1C.Cl.Cl. The van der Waals surface area contributed by atoms with Crippen LogP contribution < -0.4 is 5.73 Å². The number of likely N-dealkylation sites (tertiary alicyclic amines) is 1. The van der Waals surface area contributed by atoms with Gasteiger partial charge in [0.2, 0.25) is 0 Å². The number of nitrogens with zero attached hydrogens (tertiary/aromatic N) is 1. The van der Waals surface area contributed by atoms with Crippen molar-refractivity contribution < 1.29 is 0 Å². The van der Waals surface area contributed by atoms with Gasteiger partial charge in [-0.2, -0.15) is 0 Å². The largest absolute Gasteiger partial charge is 0.326 e. The fourth-order valence-electron chi connectivity index (χ4n) is 1.89. The van der Waals surface area contributed by atoms with Crippen LogP contribution in [0.2, 0.25) is 0 Å². The minimum Gasteiger partial charge on any atom is -0.326 e. The number of rotatable bonds is 3. The first-order valence-electron chi connectivity index (χ1n) is 4.71. The Balaban J connectivity index is 0. The molecule has 0 aliphatic carbocycles. The zero-order valence-electron chi connectivity index (χ0n) is 8.53. The van der Waals surface area contributed by atoms with E-state index in [1.165, 1.54) is 32.2 Å². The third kappa shape index (κ3) is 4.50. The topological polar surface area (TPSA) is 29.3 Å². The van der Waals surface area contributed by atoms with Gasteiger partial charge in [0.1, 0.15) is 0 Å². The zero-order valence-corrected chi connectivity index (χ0v) is 10.2. The van der Waals surface area contributed by atoms with Crippen LogP contribution in [0.5, 0.6) is 0 Å². The Kier molecular flexibility index (Phi) is 9.65. The molecule has 4 heteroatoms. The van der Waals surface area contributed by atoms with E-state index in [0.717, 1.165) is 0 Å².